The number of hydrogen-bond donors (Lipinski definition) is 0. The summed E-state index contributed by atoms with van der Waals surface area (Å²) in [6.45, 7) is 2.71. The molecule has 0 fully saturated rings. The third-order valence-corrected chi connectivity index (χ3v) is 1.29. The summed E-state index contributed by atoms with van der Waals surface area (Å²) in [5.74, 6) is -1.38. The number of esters is 2. The standard InChI is InChI=1S/C9H14O5.Ca.2H/c1-3-4-8(11)13-6-14-9(12)5-7(2)10;;;/h3-6H2,1-2H3;;;/q;+2;2*-1. The van der Waals surface area contributed by atoms with Gasteiger partial charge in [0.1, 0.15) is 12.2 Å². The first-order valence-corrected chi connectivity index (χ1v) is 4.37. The van der Waals surface area contributed by atoms with Crippen LogP contribution in [0.4, 0.5) is 0 Å². The van der Waals surface area contributed by atoms with Gasteiger partial charge in [0.25, 0.3) is 0 Å². The topological polar surface area (TPSA) is 69.7 Å². The summed E-state index contributed by atoms with van der Waals surface area (Å²) in [7, 11) is 0. The Labute approximate surface area is 121 Å². The van der Waals surface area contributed by atoms with Crippen LogP contribution in [-0.4, -0.2) is 62.3 Å². The van der Waals surface area contributed by atoms with E-state index in [-0.39, 0.29) is 52.8 Å². The van der Waals surface area contributed by atoms with Gasteiger partial charge in [-0.05, 0) is 13.3 Å². The average molecular weight is 244 g/mol. The Balaban J connectivity index is -0.000000282. The summed E-state index contributed by atoms with van der Waals surface area (Å²) in [4.78, 5) is 32.0. The summed E-state index contributed by atoms with van der Waals surface area (Å²) >= 11 is 0. The Kier molecular flexibility index (Phi) is 12.0. The van der Waals surface area contributed by atoms with E-state index in [2.05, 4.69) is 9.47 Å². The van der Waals surface area contributed by atoms with Crippen LogP contribution in [0.25, 0.3) is 0 Å². The molecule has 15 heavy (non-hydrogen) atoms. The number of ether oxygens (including phenoxy) is 2. The summed E-state index contributed by atoms with van der Waals surface area (Å²) in [6, 6.07) is 0. The number of carbonyl (C=O) groups is 3. The molecule has 0 aromatic rings. The second-order valence-electron chi connectivity index (χ2n) is 2.78. The van der Waals surface area contributed by atoms with E-state index in [1.807, 2.05) is 6.92 Å². The van der Waals surface area contributed by atoms with E-state index in [9.17, 15) is 14.4 Å². The van der Waals surface area contributed by atoms with Crippen molar-refractivity contribution in [1.29, 1.82) is 0 Å². The predicted molar refractivity (Wildman–Crippen MR) is 55.2 cm³/mol. The van der Waals surface area contributed by atoms with Gasteiger partial charge in [0.2, 0.25) is 6.79 Å². The van der Waals surface area contributed by atoms with E-state index in [0.29, 0.717) is 12.8 Å². The second kappa shape index (κ2) is 10.4. The van der Waals surface area contributed by atoms with Gasteiger partial charge in [-0.1, -0.05) is 6.92 Å². The van der Waals surface area contributed by atoms with Crippen molar-refractivity contribution in [3.8, 4) is 0 Å². The Morgan fingerprint density at radius 3 is 2.13 bits per heavy atom. The van der Waals surface area contributed by atoms with E-state index in [1.165, 1.54) is 6.92 Å². The molecule has 6 heteroatoms. The normalized spacial score (nSPS) is 8.67. The van der Waals surface area contributed by atoms with E-state index in [1.54, 1.807) is 0 Å². The molecule has 84 valence electrons. The van der Waals surface area contributed by atoms with Gasteiger partial charge in [0, 0.05) is 6.42 Å². The third-order valence-electron chi connectivity index (χ3n) is 1.29. The Morgan fingerprint density at radius 2 is 1.67 bits per heavy atom. The van der Waals surface area contributed by atoms with Gasteiger partial charge in [-0.3, -0.25) is 14.4 Å². The molecular weight excluding hydrogens is 228 g/mol. The minimum atomic E-state index is -0.679. The monoisotopic (exact) mass is 244 g/mol. The molecule has 0 bridgehead atoms. The molecule has 0 saturated heterocycles. The molecule has 0 aromatic heterocycles. The molecule has 0 rings (SSSR count). The molecular formula is C9H16CaO5. The maximum atomic E-state index is 10.8. The van der Waals surface area contributed by atoms with Gasteiger partial charge in [0.05, 0.1) is 0 Å². The van der Waals surface area contributed by atoms with Crippen LogP contribution in [0.1, 0.15) is 36.0 Å². The quantitative estimate of drug-likeness (QED) is 0.297. The van der Waals surface area contributed by atoms with Gasteiger partial charge in [-0.2, -0.15) is 0 Å². The van der Waals surface area contributed by atoms with Gasteiger partial charge < -0.3 is 12.3 Å². The summed E-state index contributed by atoms with van der Waals surface area (Å²) in [5.41, 5.74) is 0. The van der Waals surface area contributed by atoms with Gasteiger partial charge in [-0.15, -0.1) is 0 Å². The number of ketones is 1. The molecule has 0 aliphatic heterocycles. The zero-order valence-electron chi connectivity index (χ0n) is 11.1. The van der Waals surface area contributed by atoms with Crippen LogP contribution in [0.5, 0.6) is 0 Å². The number of Topliss-reactive ketones (excluding diaryl/α,β-unsaturated/α-hetero) is 1. The minimum absolute atomic E-state index is 0. The molecule has 0 heterocycles. The molecule has 0 radical (unpaired) electrons. The predicted octanol–water partition coefficient (Wildman–Crippen LogP) is 0.654. The number of hydrogen-bond acceptors (Lipinski definition) is 5. The average Bonchev–Trinajstić information content (AvgIpc) is 2.02. The van der Waals surface area contributed by atoms with Crippen LogP contribution in [0, 0.1) is 0 Å². The van der Waals surface area contributed by atoms with E-state index in [0.717, 1.165) is 0 Å². The van der Waals surface area contributed by atoms with Crippen molar-refractivity contribution in [3.63, 3.8) is 0 Å². The molecule has 0 spiro atoms. The smallest absolute Gasteiger partial charge is 1.00 e. The van der Waals surface area contributed by atoms with Crippen LogP contribution in [0.15, 0.2) is 0 Å². The molecule has 0 unspecified atom stereocenters. The molecule has 0 atom stereocenters. The zero-order chi connectivity index (χ0) is 11.0. The van der Waals surface area contributed by atoms with Crippen molar-refractivity contribution in [1.82, 2.24) is 0 Å². The van der Waals surface area contributed by atoms with Crippen molar-refractivity contribution < 1.29 is 26.7 Å². The molecule has 0 aromatic carbocycles. The number of carbonyl (C=O) groups excluding carboxylic acids is 3. The molecule has 0 N–H and O–H groups in total. The summed E-state index contributed by atoms with van der Waals surface area (Å²) in [6.07, 6.45) is 0.690. The summed E-state index contributed by atoms with van der Waals surface area (Å²) in [5, 5.41) is 0. The van der Waals surface area contributed by atoms with Crippen LogP contribution >= 0.6 is 0 Å². The minimum Gasteiger partial charge on any atom is -1.00 e. The first kappa shape index (κ1) is 17.3. The molecule has 0 aliphatic carbocycles. The maximum absolute atomic E-state index is 10.8. The van der Waals surface area contributed by atoms with Crippen LogP contribution in [0.3, 0.4) is 0 Å². The SMILES string of the molecule is CCCC(=O)OCOC(=O)CC(C)=O.[Ca+2].[H-].[H-]. The Bertz CT molecular complexity index is 235. The van der Waals surface area contributed by atoms with Crippen molar-refractivity contribution in [2.24, 2.45) is 0 Å². The largest absolute Gasteiger partial charge is 2.00 e. The zero-order valence-corrected chi connectivity index (χ0v) is 11.3. The molecule has 0 amide bonds. The van der Waals surface area contributed by atoms with Crippen molar-refractivity contribution in [2.75, 3.05) is 6.79 Å². The fraction of sp³-hybridized carbons (Fsp3) is 0.667. The van der Waals surface area contributed by atoms with E-state index >= 15 is 0 Å². The molecule has 0 saturated carbocycles. The van der Waals surface area contributed by atoms with Crippen LogP contribution < -0.4 is 0 Å². The second-order valence-corrected chi connectivity index (χ2v) is 2.78. The number of rotatable bonds is 6. The fourth-order valence-corrected chi connectivity index (χ4v) is 0.691. The van der Waals surface area contributed by atoms with Gasteiger partial charge >= 0.3 is 49.7 Å². The Morgan fingerprint density at radius 1 is 1.13 bits per heavy atom. The van der Waals surface area contributed by atoms with E-state index in [4.69, 9.17) is 0 Å². The molecule has 5 nitrogen and oxygen atoms in total. The van der Waals surface area contributed by atoms with Crippen LogP contribution in [-0.2, 0) is 23.9 Å². The third kappa shape index (κ3) is 11.8. The van der Waals surface area contributed by atoms with Gasteiger partial charge in [0.15, 0.2) is 0 Å². The Hall–Kier alpha value is -0.130. The fourth-order valence-electron chi connectivity index (χ4n) is 0.691. The first-order valence-electron chi connectivity index (χ1n) is 4.37. The summed E-state index contributed by atoms with van der Waals surface area (Å²) < 4.78 is 9.01. The van der Waals surface area contributed by atoms with Crippen molar-refractivity contribution in [2.45, 2.75) is 33.1 Å². The van der Waals surface area contributed by atoms with Crippen molar-refractivity contribution in [3.05, 3.63) is 0 Å². The van der Waals surface area contributed by atoms with Crippen molar-refractivity contribution >= 4 is 55.5 Å². The first-order chi connectivity index (χ1) is 6.56. The molecule has 0 aliphatic rings. The van der Waals surface area contributed by atoms with Crippen LogP contribution in [0.2, 0.25) is 0 Å². The van der Waals surface area contributed by atoms with Gasteiger partial charge in [-0.25, -0.2) is 0 Å². The maximum Gasteiger partial charge on any atom is 2.00 e. The van der Waals surface area contributed by atoms with E-state index < -0.39 is 18.7 Å².